The SMILES string of the molecule is [2H]c1c([2H])c([2H])c2c(c1[2H])c1c([2H])c([2H])c([2H])c([2H])c1n2-c1ccc2c(c1)N(c1c(-c3ccccc3)cc(C(C)(C)C)cc1-c1ccccc1)c1cc(-c3cc(C(C)(C)C)cc(C(C)(C)C)c3)cc3c1B2c1ccc(-c2cc(C(C)(C)C)cc(C(C)(C)C)c2)cc1N3c1cccc2c3cccc(-n4c5ccc(C(C)(C)C)cc5c5cc(C(C)(C)C)ccc54)c3n(-c3ccccc3)c12. The standard InChI is InChI=1S/C118H114BN5/c1-112(2,3)79-52-57-100-94(68-79)95-69-80(113(4,5)6)53-58-101(95)122(100)102-49-35-45-90-91-46-36-50-103(111(91)121(110(90)102)86-41-29-24-30-42-86)123-104-63-75(76-59-81(114(7,8)9)66-82(60-76)115(10,11)12)51-55-96(104)119-97-56-54-87(120-98-47-33-31-43-88(98)89-44-32-34-48-99(89)120)72-105(97)124(107-65-78(64-106(123)108(107)119)77-61-83(116(13,14)15)67-84(62-77)117(16,17)18)109-92(73-37-25-22-26-38-73)70-85(118(19,20)21)71-93(109)74-39-27-23-28-40-74/h22-72H,1-21H3/i31D,32D,33D,34D,43D,44D,47D,48D. The first-order valence-corrected chi connectivity index (χ1v) is 44.2. The molecule has 614 valence electrons. The Balaban J connectivity index is 1.00. The summed E-state index contributed by atoms with van der Waals surface area (Å²) in [5.74, 6) is 0. The van der Waals surface area contributed by atoms with Crippen LogP contribution in [0.15, 0.2) is 309 Å². The van der Waals surface area contributed by atoms with Crippen molar-refractivity contribution >= 4 is 123 Å². The molecule has 124 heavy (non-hydrogen) atoms. The Morgan fingerprint density at radius 2 is 0.629 bits per heavy atom. The van der Waals surface area contributed by atoms with Crippen LogP contribution in [0.1, 0.15) is 195 Å². The lowest BCUT2D eigenvalue weighted by Crippen LogP contribution is -2.61. The molecule has 0 bridgehead atoms. The van der Waals surface area contributed by atoms with Crippen LogP contribution in [0.2, 0.25) is 0 Å². The Morgan fingerprint density at radius 1 is 0.234 bits per heavy atom. The van der Waals surface area contributed by atoms with Crippen molar-refractivity contribution < 1.29 is 11.0 Å². The molecule has 0 aliphatic carbocycles. The second-order valence-electron chi connectivity index (χ2n) is 42.1. The van der Waals surface area contributed by atoms with E-state index in [1.165, 1.54) is 44.2 Å². The molecule has 5 nitrogen and oxygen atoms in total. The Bertz CT molecular complexity index is 7630. The van der Waals surface area contributed by atoms with E-state index < -0.39 is 43.0 Å². The molecule has 0 atom stereocenters. The fourth-order valence-corrected chi connectivity index (χ4v) is 19.4. The van der Waals surface area contributed by atoms with E-state index in [4.69, 9.17) is 0 Å². The summed E-state index contributed by atoms with van der Waals surface area (Å²) in [6.45, 7) is 47.8. The van der Waals surface area contributed by atoms with Gasteiger partial charge in [0.25, 0.3) is 6.71 Å². The lowest BCUT2D eigenvalue weighted by Gasteiger charge is -2.46. The maximum atomic E-state index is 10.1. The van der Waals surface area contributed by atoms with Crippen LogP contribution in [0.5, 0.6) is 0 Å². The van der Waals surface area contributed by atoms with Gasteiger partial charge < -0.3 is 23.5 Å². The van der Waals surface area contributed by atoms with E-state index in [2.05, 4.69) is 419 Å². The first-order valence-electron chi connectivity index (χ1n) is 48.2. The lowest BCUT2D eigenvalue weighted by molar-refractivity contribution is 0.568. The molecule has 0 spiro atoms. The molecule has 3 aromatic heterocycles. The minimum atomic E-state index is -0.553. The van der Waals surface area contributed by atoms with Crippen LogP contribution in [0.25, 0.3) is 127 Å². The molecule has 2 aliphatic heterocycles. The second kappa shape index (κ2) is 28.5. The van der Waals surface area contributed by atoms with Gasteiger partial charge in [-0.1, -0.05) is 352 Å². The summed E-state index contributed by atoms with van der Waals surface area (Å²) in [4.78, 5) is 5.13. The third kappa shape index (κ3) is 13.2. The third-order valence-electron chi connectivity index (χ3n) is 26.5. The van der Waals surface area contributed by atoms with Gasteiger partial charge in [-0.25, -0.2) is 0 Å². The molecule has 0 saturated heterocycles. The van der Waals surface area contributed by atoms with Gasteiger partial charge in [-0.05, 0) is 230 Å². The predicted molar refractivity (Wildman–Crippen MR) is 536 cm³/mol. The molecule has 0 amide bonds. The highest BCUT2D eigenvalue weighted by Crippen LogP contribution is 2.56. The predicted octanol–water partition coefficient (Wildman–Crippen LogP) is 30.8. The van der Waals surface area contributed by atoms with Gasteiger partial charge in [0.15, 0.2) is 0 Å². The summed E-state index contributed by atoms with van der Waals surface area (Å²) in [7, 11) is 0. The maximum Gasteiger partial charge on any atom is 0.252 e. The molecule has 5 heterocycles. The normalized spacial score (nSPS) is 14.4. The summed E-state index contributed by atoms with van der Waals surface area (Å²) < 4.78 is 83.9. The average molecular weight is 1620 g/mol. The van der Waals surface area contributed by atoms with Crippen LogP contribution in [0.3, 0.4) is 0 Å². The Morgan fingerprint density at radius 3 is 1.10 bits per heavy atom. The number of anilines is 6. The van der Waals surface area contributed by atoms with Crippen LogP contribution in [-0.4, -0.2) is 20.4 Å². The van der Waals surface area contributed by atoms with Gasteiger partial charge in [0.1, 0.15) is 0 Å². The van der Waals surface area contributed by atoms with Crippen molar-refractivity contribution in [1.29, 1.82) is 0 Å². The molecule has 0 saturated carbocycles. The highest BCUT2D eigenvalue weighted by atomic mass is 15.2. The van der Waals surface area contributed by atoms with E-state index in [0.717, 1.165) is 145 Å². The summed E-state index contributed by atoms with van der Waals surface area (Å²) in [6.07, 6.45) is 0. The quantitative estimate of drug-likeness (QED) is 0.134. The Labute approximate surface area is 745 Å². The highest BCUT2D eigenvalue weighted by Gasteiger charge is 2.47. The number of rotatable bonds is 9. The molecule has 6 heteroatoms. The number of benzene rings is 15. The van der Waals surface area contributed by atoms with E-state index in [1.54, 1.807) is 4.57 Å². The summed E-state index contributed by atoms with van der Waals surface area (Å²) in [5.41, 5.74) is 30.2. The Hall–Kier alpha value is -12.6. The number of hydrogen-bond donors (Lipinski definition) is 0. The lowest BCUT2D eigenvalue weighted by atomic mass is 9.33. The van der Waals surface area contributed by atoms with Crippen molar-refractivity contribution in [3.63, 3.8) is 0 Å². The molecule has 15 aromatic carbocycles. The number of hydrogen-bond acceptors (Lipinski definition) is 2. The van der Waals surface area contributed by atoms with Crippen molar-refractivity contribution in [2.45, 2.75) is 183 Å². The fourth-order valence-electron chi connectivity index (χ4n) is 19.4. The minimum absolute atomic E-state index is 0.00763. The van der Waals surface area contributed by atoms with E-state index in [1.807, 2.05) is 6.07 Å². The van der Waals surface area contributed by atoms with Gasteiger partial charge >= 0.3 is 0 Å². The average Bonchev–Trinajstić information content (AvgIpc) is 1.31. The van der Waals surface area contributed by atoms with Gasteiger partial charge in [0.2, 0.25) is 0 Å². The fraction of sp³-hybridized carbons (Fsp3) is 0.237. The van der Waals surface area contributed by atoms with Crippen molar-refractivity contribution in [3.8, 4) is 61.6 Å². The minimum Gasteiger partial charge on any atom is -0.310 e. The summed E-state index contributed by atoms with van der Waals surface area (Å²) >= 11 is 0. The Kier molecular flexibility index (Phi) is 16.3. The van der Waals surface area contributed by atoms with E-state index >= 15 is 0 Å². The monoisotopic (exact) mass is 1620 g/mol. The summed E-state index contributed by atoms with van der Waals surface area (Å²) in [5, 5.41) is 4.59. The molecule has 0 radical (unpaired) electrons. The second-order valence-corrected chi connectivity index (χ2v) is 42.1. The molecule has 2 aliphatic rings. The number of nitrogens with zero attached hydrogens (tertiary/aromatic N) is 5. The van der Waals surface area contributed by atoms with Gasteiger partial charge in [0.05, 0.1) is 61.1 Å². The molecule has 0 fully saturated rings. The zero-order chi connectivity index (χ0) is 93.5. The molecule has 20 rings (SSSR count). The van der Waals surface area contributed by atoms with Gasteiger partial charge in [-0.3, -0.25) is 0 Å². The van der Waals surface area contributed by atoms with Crippen molar-refractivity contribution in [1.82, 2.24) is 13.7 Å². The molecule has 18 aromatic rings. The zero-order valence-electron chi connectivity index (χ0n) is 83.6. The van der Waals surface area contributed by atoms with Crippen molar-refractivity contribution in [2.24, 2.45) is 0 Å². The molecular weight excluding hydrogens is 1500 g/mol. The number of para-hydroxylation sites is 5. The molecule has 0 N–H and O–H groups in total. The van der Waals surface area contributed by atoms with E-state index in [9.17, 15) is 11.0 Å². The van der Waals surface area contributed by atoms with Crippen LogP contribution in [0, 0.1) is 0 Å². The van der Waals surface area contributed by atoms with Gasteiger partial charge in [-0.2, -0.15) is 0 Å². The molecular formula is C118H114BN5. The van der Waals surface area contributed by atoms with Crippen LogP contribution < -0.4 is 26.2 Å². The number of fused-ring (bicyclic) bond motifs is 13. The first-order chi connectivity index (χ1) is 62.3. The maximum absolute atomic E-state index is 10.1. The van der Waals surface area contributed by atoms with Gasteiger partial charge in [-0.15, -0.1) is 0 Å². The van der Waals surface area contributed by atoms with E-state index in [-0.39, 0.29) is 71.8 Å². The highest BCUT2D eigenvalue weighted by molar-refractivity contribution is 7.00. The van der Waals surface area contributed by atoms with Crippen LogP contribution in [-0.2, 0) is 37.9 Å². The summed E-state index contributed by atoms with van der Waals surface area (Å²) in [6, 6.07) is 94.8. The van der Waals surface area contributed by atoms with E-state index in [0.29, 0.717) is 5.69 Å². The zero-order valence-corrected chi connectivity index (χ0v) is 75.6. The van der Waals surface area contributed by atoms with Crippen LogP contribution >= 0.6 is 0 Å². The van der Waals surface area contributed by atoms with Crippen LogP contribution in [0.4, 0.5) is 34.1 Å². The van der Waals surface area contributed by atoms with Crippen molar-refractivity contribution in [3.05, 3.63) is 348 Å². The molecule has 0 unspecified atom stereocenters. The van der Waals surface area contributed by atoms with Gasteiger partial charge in [0, 0.05) is 77.6 Å². The number of aromatic nitrogens is 3. The van der Waals surface area contributed by atoms with Crippen molar-refractivity contribution in [2.75, 3.05) is 9.80 Å². The largest absolute Gasteiger partial charge is 0.310 e. The first kappa shape index (κ1) is 70.9. The smallest absolute Gasteiger partial charge is 0.252 e. The third-order valence-corrected chi connectivity index (χ3v) is 26.5. The topological polar surface area (TPSA) is 21.3 Å².